The number of fused-ring (bicyclic) bond motifs is 1. The molecule has 82 valence electrons. The maximum Gasteiger partial charge on any atom is 0.162 e. The average Bonchev–Trinajstić information content (AvgIpc) is 2.99. The Kier molecular flexibility index (Phi) is 2.09. The van der Waals surface area contributed by atoms with Crippen molar-refractivity contribution in [1.29, 1.82) is 5.26 Å². The molecule has 0 radical (unpaired) electrons. The zero-order valence-corrected chi connectivity index (χ0v) is 8.85. The van der Waals surface area contributed by atoms with Crippen LogP contribution >= 0.6 is 0 Å². The molecule has 0 aliphatic rings. The molecular weight excluding hydrogens is 216 g/mol. The van der Waals surface area contributed by atoms with Crippen LogP contribution in [0.4, 0.5) is 0 Å². The largest absolute Gasteiger partial charge is 0.285 e. The lowest BCUT2D eigenvalue weighted by atomic mass is 10.3. The highest BCUT2D eigenvalue weighted by Crippen LogP contribution is 2.07. The molecule has 0 unspecified atom stereocenters. The van der Waals surface area contributed by atoms with Crippen molar-refractivity contribution in [3.8, 4) is 6.07 Å². The summed E-state index contributed by atoms with van der Waals surface area (Å²) in [6.07, 6.45) is 5.38. The van der Waals surface area contributed by atoms with Gasteiger partial charge in [0.2, 0.25) is 0 Å². The van der Waals surface area contributed by atoms with Crippen LogP contribution in [-0.2, 0) is 6.54 Å². The molecule has 0 bridgehead atoms. The summed E-state index contributed by atoms with van der Waals surface area (Å²) < 4.78 is 3.62. The van der Waals surface area contributed by atoms with Crippen molar-refractivity contribution in [3.05, 3.63) is 48.2 Å². The molecular formula is C11H8N6. The molecule has 0 saturated heterocycles. The monoisotopic (exact) mass is 224 g/mol. The zero-order valence-electron chi connectivity index (χ0n) is 8.85. The predicted octanol–water partition coefficient (Wildman–Crippen LogP) is 0.846. The average molecular weight is 224 g/mol. The second-order valence-corrected chi connectivity index (χ2v) is 3.58. The number of hydrogen-bond donors (Lipinski definition) is 0. The van der Waals surface area contributed by atoms with Crippen molar-refractivity contribution in [2.24, 2.45) is 0 Å². The summed E-state index contributed by atoms with van der Waals surface area (Å²) in [5.41, 5.74) is 1.25. The second kappa shape index (κ2) is 3.72. The summed E-state index contributed by atoms with van der Waals surface area (Å²) in [6.45, 7) is 0.556. The van der Waals surface area contributed by atoms with E-state index in [0.29, 0.717) is 17.8 Å². The number of nitriles is 1. The Morgan fingerprint density at radius 2 is 2.24 bits per heavy atom. The first kappa shape index (κ1) is 9.54. The lowest BCUT2D eigenvalue weighted by Crippen LogP contribution is -2.04. The molecule has 6 heteroatoms. The standard InChI is InChI=1S/C11H8N6/c12-7-9-2-5-17-10(6-9)14-15-11(17)8-16-4-1-3-13-16/h1-6H,8H2. The third-order valence-electron chi connectivity index (χ3n) is 2.47. The van der Waals surface area contributed by atoms with Gasteiger partial charge in [0, 0.05) is 24.7 Å². The van der Waals surface area contributed by atoms with E-state index in [2.05, 4.69) is 21.4 Å². The third-order valence-corrected chi connectivity index (χ3v) is 2.47. The maximum absolute atomic E-state index is 8.79. The van der Waals surface area contributed by atoms with Crippen molar-refractivity contribution in [2.45, 2.75) is 6.54 Å². The molecule has 0 N–H and O–H groups in total. The first-order valence-corrected chi connectivity index (χ1v) is 5.08. The maximum atomic E-state index is 8.79. The highest BCUT2D eigenvalue weighted by atomic mass is 15.3. The fourth-order valence-corrected chi connectivity index (χ4v) is 1.66. The number of nitrogens with zero attached hydrogens (tertiary/aromatic N) is 6. The van der Waals surface area contributed by atoms with E-state index in [9.17, 15) is 0 Å². The Morgan fingerprint density at radius 3 is 3.00 bits per heavy atom. The van der Waals surface area contributed by atoms with Crippen molar-refractivity contribution in [3.63, 3.8) is 0 Å². The molecule has 3 aromatic heterocycles. The van der Waals surface area contributed by atoms with Crippen LogP contribution in [0.25, 0.3) is 5.65 Å². The van der Waals surface area contributed by atoms with Crippen molar-refractivity contribution < 1.29 is 0 Å². The number of pyridine rings is 1. The van der Waals surface area contributed by atoms with Crippen LogP contribution < -0.4 is 0 Å². The van der Waals surface area contributed by atoms with Crippen LogP contribution in [0, 0.1) is 11.3 Å². The van der Waals surface area contributed by atoms with Gasteiger partial charge < -0.3 is 0 Å². The molecule has 0 amide bonds. The van der Waals surface area contributed by atoms with Crippen LogP contribution in [0.5, 0.6) is 0 Å². The Hall–Kier alpha value is -2.68. The first-order valence-electron chi connectivity index (χ1n) is 5.08. The molecule has 0 aliphatic carbocycles. The van der Waals surface area contributed by atoms with Crippen molar-refractivity contribution >= 4 is 5.65 Å². The number of hydrogen-bond acceptors (Lipinski definition) is 4. The predicted molar refractivity (Wildman–Crippen MR) is 59.0 cm³/mol. The lowest BCUT2D eigenvalue weighted by Gasteiger charge is -2.00. The SMILES string of the molecule is N#Cc1ccn2c(Cn3cccn3)nnc2c1. The van der Waals surface area contributed by atoms with Crippen LogP contribution in [0.1, 0.15) is 11.4 Å². The van der Waals surface area contributed by atoms with E-state index in [0.717, 1.165) is 5.82 Å². The normalized spacial score (nSPS) is 10.5. The summed E-state index contributed by atoms with van der Waals surface area (Å²) in [5, 5.41) is 21.0. The van der Waals surface area contributed by atoms with Crippen molar-refractivity contribution in [1.82, 2.24) is 24.4 Å². The Bertz CT molecular complexity index is 688. The molecule has 17 heavy (non-hydrogen) atoms. The minimum absolute atomic E-state index is 0.556. The van der Waals surface area contributed by atoms with Gasteiger partial charge in [0.05, 0.1) is 11.6 Å². The van der Waals surface area contributed by atoms with Gasteiger partial charge in [-0.15, -0.1) is 10.2 Å². The quantitative estimate of drug-likeness (QED) is 0.646. The van der Waals surface area contributed by atoms with Crippen LogP contribution in [0.15, 0.2) is 36.8 Å². The number of aromatic nitrogens is 5. The highest BCUT2D eigenvalue weighted by Gasteiger charge is 2.06. The van der Waals surface area contributed by atoms with Gasteiger partial charge in [0.15, 0.2) is 11.5 Å². The van der Waals surface area contributed by atoms with E-state index in [-0.39, 0.29) is 0 Å². The molecule has 0 fully saturated rings. The fraction of sp³-hybridized carbons (Fsp3) is 0.0909. The molecule has 3 heterocycles. The summed E-state index contributed by atoms with van der Waals surface area (Å²) in [7, 11) is 0. The lowest BCUT2D eigenvalue weighted by molar-refractivity contribution is 0.649. The molecule has 0 atom stereocenters. The molecule has 0 aromatic carbocycles. The molecule has 3 aromatic rings. The fourth-order valence-electron chi connectivity index (χ4n) is 1.66. The Labute approximate surface area is 96.7 Å². The van der Waals surface area contributed by atoms with Gasteiger partial charge in [0.25, 0.3) is 0 Å². The topological polar surface area (TPSA) is 71.8 Å². The van der Waals surface area contributed by atoms with E-state index in [1.54, 1.807) is 29.2 Å². The first-order chi connectivity index (χ1) is 8.36. The zero-order chi connectivity index (χ0) is 11.7. The molecule has 0 saturated carbocycles. The molecule has 0 spiro atoms. The summed E-state index contributed by atoms with van der Waals surface area (Å²) in [5.74, 6) is 0.785. The van der Waals surface area contributed by atoms with Gasteiger partial charge in [-0.3, -0.25) is 9.08 Å². The molecule has 6 nitrogen and oxygen atoms in total. The smallest absolute Gasteiger partial charge is 0.162 e. The van der Waals surface area contributed by atoms with Crippen LogP contribution in [-0.4, -0.2) is 24.4 Å². The van der Waals surface area contributed by atoms with E-state index in [1.165, 1.54) is 0 Å². The summed E-state index contributed by atoms with van der Waals surface area (Å²) in [6, 6.07) is 7.38. The van der Waals surface area contributed by atoms with Gasteiger partial charge in [0.1, 0.15) is 6.54 Å². The van der Waals surface area contributed by atoms with Gasteiger partial charge in [-0.1, -0.05) is 0 Å². The number of rotatable bonds is 2. The minimum Gasteiger partial charge on any atom is -0.285 e. The van der Waals surface area contributed by atoms with Gasteiger partial charge in [-0.05, 0) is 12.1 Å². The summed E-state index contributed by atoms with van der Waals surface area (Å²) >= 11 is 0. The minimum atomic E-state index is 0.556. The van der Waals surface area contributed by atoms with Crippen LogP contribution in [0.2, 0.25) is 0 Å². The van der Waals surface area contributed by atoms with Crippen molar-refractivity contribution in [2.75, 3.05) is 0 Å². The Balaban J connectivity index is 2.04. The molecule has 0 aliphatic heterocycles. The van der Waals surface area contributed by atoms with Crippen LogP contribution in [0.3, 0.4) is 0 Å². The van der Waals surface area contributed by atoms with E-state index < -0.39 is 0 Å². The molecule has 3 rings (SSSR count). The van der Waals surface area contributed by atoms with E-state index in [1.807, 2.05) is 16.7 Å². The highest BCUT2D eigenvalue weighted by molar-refractivity contribution is 5.45. The van der Waals surface area contributed by atoms with E-state index in [4.69, 9.17) is 5.26 Å². The summed E-state index contributed by atoms with van der Waals surface area (Å²) in [4.78, 5) is 0. The van der Waals surface area contributed by atoms with E-state index >= 15 is 0 Å². The van der Waals surface area contributed by atoms with Gasteiger partial charge >= 0.3 is 0 Å². The van der Waals surface area contributed by atoms with Gasteiger partial charge in [-0.2, -0.15) is 10.4 Å². The second-order valence-electron chi connectivity index (χ2n) is 3.58. The van der Waals surface area contributed by atoms with Gasteiger partial charge in [-0.25, -0.2) is 0 Å². The Morgan fingerprint density at radius 1 is 1.29 bits per heavy atom. The third kappa shape index (κ3) is 1.63.